The van der Waals surface area contributed by atoms with Gasteiger partial charge in [-0.05, 0) is 55.8 Å². The highest BCUT2D eigenvalue weighted by Gasteiger charge is 2.27. The van der Waals surface area contributed by atoms with Gasteiger partial charge in [0.15, 0.2) is 0 Å². The first-order valence-electron chi connectivity index (χ1n) is 10.0. The van der Waals surface area contributed by atoms with Crippen LogP contribution in [0.15, 0.2) is 77.9 Å². The lowest BCUT2D eigenvalue weighted by Crippen LogP contribution is -2.39. The van der Waals surface area contributed by atoms with Crippen LogP contribution in [0.4, 0.5) is 5.69 Å². The molecule has 0 unspecified atom stereocenters. The van der Waals surface area contributed by atoms with Crippen LogP contribution >= 0.6 is 23.2 Å². The van der Waals surface area contributed by atoms with Crippen molar-refractivity contribution in [2.45, 2.75) is 20.3 Å². The predicted molar refractivity (Wildman–Crippen MR) is 131 cm³/mol. The third kappa shape index (κ3) is 6.28. The topological polar surface area (TPSA) is 78.8 Å². The molecule has 1 N–H and O–H groups in total. The fraction of sp³-hybridized carbons (Fsp3) is 0.120. The van der Waals surface area contributed by atoms with Gasteiger partial charge in [0.2, 0.25) is 11.8 Å². The van der Waals surface area contributed by atoms with Crippen molar-refractivity contribution < 1.29 is 14.4 Å². The van der Waals surface area contributed by atoms with Crippen LogP contribution in [0.1, 0.15) is 34.8 Å². The molecular weight excluding hydrogens is 461 g/mol. The molecule has 0 heterocycles. The number of anilines is 1. The van der Waals surface area contributed by atoms with Gasteiger partial charge in [-0.15, -0.1) is 0 Å². The summed E-state index contributed by atoms with van der Waals surface area (Å²) in [6, 6.07) is 20.2. The smallest absolute Gasteiger partial charge is 0.266 e. The van der Waals surface area contributed by atoms with Crippen LogP contribution in [-0.2, 0) is 9.59 Å². The van der Waals surface area contributed by atoms with Crippen LogP contribution in [0.5, 0.6) is 0 Å². The minimum atomic E-state index is -0.708. The van der Waals surface area contributed by atoms with Gasteiger partial charge in [-0.2, -0.15) is 5.10 Å². The van der Waals surface area contributed by atoms with Crippen LogP contribution in [0.3, 0.4) is 0 Å². The molecule has 0 saturated carbocycles. The number of hydrazone groups is 1. The molecule has 3 aromatic rings. The number of nitrogens with one attached hydrogen (secondary N) is 1. The summed E-state index contributed by atoms with van der Waals surface area (Å²) in [6.45, 7) is 3.60. The number of imide groups is 1. The van der Waals surface area contributed by atoms with Crippen molar-refractivity contribution in [1.82, 2.24) is 5.43 Å². The first kappa shape index (κ1) is 24.2. The summed E-state index contributed by atoms with van der Waals surface area (Å²) in [5, 5.41) is 4.83. The van der Waals surface area contributed by atoms with Crippen molar-refractivity contribution in [2.75, 3.05) is 4.90 Å². The highest BCUT2D eigenvalue weighted by atomic mass is 35.5. The number of aryl methyl sites for hydroxylation is 1. The van der Waals surface area contributed by atoms with Gasteiger partial charge >= 0.3 is 0 Å². The van der Waals surface area contributed by atoms with Crippen molar-refractivity contribution in [1.29, 1.82) is 0 Å². The number of halogens is 2. The van der Waals surface area contributed by atoms with E-state index in [2.05, 4.69) is 10.5 Å². The van der Waals surface area contributed by atoms with Gasteiger partial charge in [0.05, 0.1) is 22.0 Å². The molecule has 3 aromatic carbocycles. The zero-order chi connectivity index (χ0) is 24.0. The van der Waals surface area contributed by atoms with Gasteiger partial charge in [-0.1, -0.05) is 65.2 Å². The number of nitrogens with zero attached hydrogens (tertiary/aromatic N) is 2. The maximum absolute atomic E-state index is 13.2. The van der Waals surface area contributed by atoms with Gasteiger partial charge in [0.1, 0.15) is 6.42 Å². The van der Waals surface area contributed by atoms with E-state index in [0.717, 1.165) is 16.0 Å². The third-order valence-electron chi connectivity index (χ3n) is 4.77. The molecule has 3 amide bonds. The SMILES string of the molecule is CC(=NNC(=O)CC(=O)N(C(=O)c1ccccc1Cl)c1ccc(C)cc1)c1ccc(Cl)cc1. The van der Waals surface area contributed by atoms with E-state index >= 15 is 0 Å². The Balaban J connectivity index is 1.79. The molecule has 0 fully saturated rings. The molecule has 0 aliphatic carbocycles. The molecule has 0 aliphatic rings. The summed E-state index contributed by atoms with van der Waals surface area (Å²) in [4.78, 5) is 39.6. The lowest BCUT2D eigenvalue weighted by atomic mass is 10.1. The highest BCUT2D eigenvalue weighted by molar-refractivity contribution is 6.36. The van der Waals surface area contributed by atoms with Crippen LogP contribution in [-0.4, -0.2) is 23.4 Å². The lowest BCUT2D eigenvalue weighted by Gasteiger charge is -2.21. The fourth-order valence-corrected chi connectivity index (χ4v) is 3.32. The van der Waals surface area contributed by atoms with Crippen LogP contribution in [0.25, 0.3) is 0 Å². The van der Waals surface area contributed by atoms with E-state index in [0.29, 0.717) is 16.4 Å². The first-order chi connectivity index (χ1) is 15.8. The summed E-state index contributed by atoms with van der Waals surface area (Å²) in [5.41, 5.74) is 5.12. The first-order valence-corrected chi connectivity index (χ1v) is 10.8. The molecular formula is C25H21Cl2N3O3. The minimum absolute atomic E-state index is 0.158. The molecule has 168 valence electrons. The Hall–Kier alpha value is -3.48. The van der Waals surface area contributed by atoms with Crippen molar-refractivity contribution in [3.05, 3.63) is 99.5 Å². The van der Waals surface area contributed by atoms with Gasteiger partial charge < -0.3 is 0 Å². The number of hydrogen-bond acceptors (Lipinski definition) is 4. The molecule has 0 bridgehead atoms. The number of benzene rings is 3. The minimum Gasteiger partial charge on any atom is -0.273 e. The molecule has 0 spiro atoms. The Morgan fingerprint density at radius 1 is 0.909 bits per heavy atom. The molecule has 0 radical (unpaired) electrons. The summed E-state index contributed by atoms with van der Waals surface area (Å²) in [7, 11) is 0. The molecule has 8 heteroatoms. The summed E-state index contributed by atoms with van der Waals surface area (Å²) >= 11 is 12.1. The zero-order valence-electron chi connectivity index (χ0n) is 18.0. The summed E-state index contributed by atoms with van der Waals surface area (Å²) in [6.07, 6.45) is -0.582. The number of carbonyl (C=O) groups excluding carboxylic acids is 3. The van der Waals surface area contributed by atoms with E-state index in [1.165, 1.54) is 6.07 Å². The van der Waals surface area contributed by atoms with Gasteiger partial charge in [0.25, 0.3) is 5.91 Å². The second-order valence-corrected chi connectivity index (χ2v) is 8.11. The van der Waals surface area contributed by atoms with Crippen LogP contribution in [0.2, 0.25) is 10.0 Å². The Morgan fingerprint density at radius 3 is 2.18 bits per heavy atom. The maximum atomic E-state index is 13.2. The Morgan fingerprint density at radius 2 is 1.55 bits per heavy atom. The number of hydrogen-bond donors (Lipinski definition) is 1. The molecule has 0 saturated heterocycles. The summed E-state index contributed by atoms with van der Waals surface area (Å²) < 4.78 is 0. The van der Waals surface area contributed by atoms with Crippen molar-refractivity contribution in [3.8, 4) is 0 Å². The maximum Gasteiger partial charge on any atom is 0.266 e. The predicted octanol–water partition coefficient (Wildman–Crippen LogP) is 5.41. The number of amides is 3. The average Bonchev–Trinajstić information content (AvgIpc) is 2.79. The lowest BCUT2D eigenvalue weighted by molar-refractivity contribution is -0.127. The van der Waals surface area contributed by atoms with Crippen LogP contribution < -0.4 is 10.3 Å². The van der Waals surface area contributed by atoms with E-state index in [1.807, 2.05) is 6.92 Å². The second-order valence-electron chi connectivity index (χ2n) is 7.27. The standard InChI is InChI=1S/C25H21Cl2N3O3/c1-16-7-13-20(14-8-16)30(25(33)21-5-3-4-6-22(21)27)24(32)15-23(31)29-28-17(2)18-9-11-19(26)12-10-18/h3-14H,15H2,1-2H3,(H,29,31). The van der Waals surface area contributed by atoms with Crippen LogP contribution in [0, 0.1) is 6.92 Å². The second kappa shape index (κ2) is 10.9. The molecule has 0 atom stereocenters. The van der Waals surface area contributed by atoms with E-state index in [4.69, 9.17) is 23.2 Å². The number of carbonyl (C=O) groups is 3. The molecule has 6 nitrogen and oxygen atoms in total. The molecule has 0 aliphatic heterocycles. The Bertz CT molecular complexity index is 1210. The quantitative estimate of drug-likeness (QED) is 0.290. The van der Waals surface area contributed by atoms with Gasteiger partial charge in [0, 0.05) is 5.02 Å². The molecule has 3 rings (SSSR count). The monoisotopic (exact) mass is 481 g/mol. The Kier molecular flexibility index (Phi) is 7.98. The normalized spacial score (nSPS) is 11.1. The zero-order valence-corrected chi connectivity index (χ0v) is 19.5. The highest BCUT2D eigenvalue weighted by Crippen LogP contribution is 2.23. The van der Waals surface area contributed by atoms with E-state index in [1.54, 1.807) is 73.7 Å². The van der Waals surface area contributed by atoms with E-state index < -0.39 is 24.1 Å². The molecule has 33 heavy (non-hydrogen) atoms. The summed E-state index contributed by atoms with van der Waals surface area (Å²) in [5.74, 6) is -1.99. The van der Waals surface area contributed by atoms with Crippen molar-refractivity contribution in [3.63, 3.8) is 0 Å². The van der Waals surface area contributed by atoms with Crippen molar-refractivity contribution >= 4 is 52.3 Å². The van der Waals surface area contributed by atoms with Crippen molar-refractivity contribution in [2.24, 2.45) is 5.10 Å². The van der Waals surface area contributed by atoms with E-state index in [9.17, 15) is 14.4 Å². The largest absolute Gasteiger partial charge is 0.273 e. The average molecular weight is 482 g/mol. The number of rotatable bonds is 6. The van der Waals surface area contributed by atoms with Gasteiger partial charge in [-0.25, -0.2) is 10.3 Å². The Labute approximate surface area is 201 Å². The van der Waals surface area contributed by atoms with Gasteiger partial charge in [-0.3, -0.25) is 14.4 Å². The third-order valence-corrected chi connectivity index (χ3v) is 5.35. The molecule has 0 aromatic heterocycles. The van der Waals surface area contributed by atoms with E-state index in [-0.39, 0.29) is 10.6 Å². The fourth-order valence-electron chi connectivity index (χ4n) is 2.98.